The zero-order chi connectivity index (χ0) is 16.7. The van der Waals surface area contributed by atoms with Crippen LogP contribution in [0, 0.1) is 11.6 Å². The summed E-state index contributed by atoms with van der Waals surface area (Å²) in [4.78, 5) is 5.88. The van der Waals surface area contributed by atoms with Gasteiger partial charge in [0.1, 0.15) is 11.6 Å². The Bertz CT molecular complexity index is 884. The number of nitrogens with zero attached hydrogens (tertiary/aromatic N) is 1. The normalized spacial score (nSPS) is 18.0. The van der Waals surface area contributed by atoms with E-state index in [1.54, 1.807) is 6.07 Å². The van der Waals surface area contributed by atoms with Crippen LogP contribution in [0.5, 0.6) is 0 Å². The summed E-state index contributed by atoms with van der Waals surface area (Å²) in [5.74, 6) is -0.978. The molecule has 0 aliphatic carbocycles. The van der Waals surface area contributed by atoms with Gasteiger partial charge in [-0.2, -0.15) is 0 Å². The van der Waals surface area contributed by atoms with Crippen molar-refractivity contribution in [3.8, 4) is 0 Å². The summed E-state index contributed by atoms with van der Waals surface area (Å²) in [6, 6.07) is 12.4. The Labute approximate surface area is 140 Å². The number of H-pyrrole nitrogens is 1. The Kier molecular flexibility index (Phi) is 3.85. The molecule has 1 atom stereocenters. The molecule has 1 aliphatic rings. The first-order chi connectivity index (χ1) is 11.6. The molecule has 0 spiro atoms. The monoisotopic (exact) mass is 326 g/mol. The van der Waals surface area contributed by atoms with Gasteiger partial charge in [-0.3, -0.25) is 4.90 Å². The molecule has 124 valence electrons. The highest BCUT2D eigenvalue weighted by molar-refractivity contribution is 5.85. The number of aryl methyl sites for hydroxylation is 1. The first kappa shape index (κ1) is 15.3. The van der Waals surface area contributed by atoms with Crippen LogP contribution in [-0.2, 0) is 12.8 Å². The summed E-state index contributed by atoms with van der Waals surface area (Å²) >= 11 is 0. The number of fused-ring (bicyclic) bond motifs is 3. The SMILES string of the molecule is CN1CCc2c([nH]c3ccccc23)C1CCc1ccc(F)cc1F. The topological polar surface area (TPSA) is 19.0 Å². The van der Waals surface area contributed by atoms with Crippen LogP contribution >= 0.6 is 0 Å². The number of hydrogen-bond donors (Lipinski definition) is 1. The molecule has 0 saturated heterocycles. The van der Waals surface area contributed by atoms with E-state index >= 15 is 0 Å². The van der Waals surface area contributed by atoms with Crippen molar-refractivity contribution in [2.24, 2.45) is 0 Å². The fourth-order valence-electron chi connectivity index (χ4n) is 3.82. The molecule has 3 aromatic rings. The third-order valence-corrected chi connectivity index (χ3v) is 5.13. The lowest BCUT2D eigenvalue weighted by atomic mass is 9.93. The molecule has 0 radical (unpaired) electrons. The summed E-state index contributed by atoms with van der Waals surface area (Å²) in [6.07, 6.45) is 2.42. The molecule has 0 bridgehead atoms. The van der Waals surface area contributed by atoms with E-state index in [4.69, 9.17) is 0 Å². The molecule has 1 aliphatic heterocycles. The van der Waals surface area contributed by atoms with E-state index in [-0.39, 0.29) is 6.04 Å². The highest BCUT2D eigenvalue weighted by atomic mass is 19.1. The lowest BCUT2D eigenvalue weighted by Crippen LogP contribution is -2.32. The van der Waals surface area contributed by atoms with Crippen molar-refractivity contribution >= 4 is 10.9 Å². The van der Waals surface area contributed by atoms with Crippen LogP contribution in [0.15, 0.2) is 42.5 Å². The predicted octanol–water partition coefficient (Wildman–Crippen LogP) is 4.61. The van der Waals surface area contributed by atoms with Gasteiger partial charge in [0.15, 0.2) is 0 Å². The van der Waals surface area contributed by atoms with Gasteiger partial charge in [0.2, 0.25) is 0 Å². The van der Waals surface area contributed by atoms with E-state index in [0.29, 0.717) is 12.0 Å². The fraction of sp³-hybridized carbons (Fsp3) is 0.300. The van der Waals surface area contributed by atoms with Crippen LogP contribution in [-0.4, -0.2) is 23.5 Å². The first-order valence-electron chi connectivity index (χ1n) is 8.37. The maximum Gasteiger partial charge on any atom is 0.129 e. The number of hydrogen-bond acceptors (Lipinski definition) is 1. The summed E-state index contributed by atoms with van der Waals surface area (Å²) in [5, 5.41) is 1.29. The van der Waals surface area contributed by atoms with Gasteiger partial charge in [-0.05, 0) is 49.6 Å². The minimum Gasteiger partial charge on any atom is -0.357 e. The molecule has 4 rings (SSSR count). The van der Waals surface area contributed by atoms with Crippen LogP contribution in [0.25, 0.3) is 10.9 Å². The van der Waals surface area contributed by atoms with Crippen LogP contribution < -0.4 is 0 Å². The van der Waals surface area contributed by atoms with E-state index in [2.05, 4.69) is 35.1 Å². The standard InChI is InChI=1S/C20H20F2N2/c1-24-11-10-16-15-4-2-3-5-18(15)23-20(16)19(24)9-7-13-6-8-14(21)12-17(13)22/h2-6,8,12,19,23H,7,9-11H2,1H3. The maximum absolute atomic E-state index is 13.9. The zero-order valence-electron chi connectivity index (χ0n) is 13.7. The summed E-state index contributed by atoms with van der Waals surface area (Å²) in [6.45, 7) is 0.991. The van der Waals surface area contributed by atoms with Crippen molar-refractivity contribution in [1.29, 1.82) is 0 Å². The van der Waals surface area contributed by atoms with Gasteiger partial charge in [-0.15, -0.1) is 0 Å². The van der Waals surface area contributed by atoms with E-state index in [1.807, 2.05) is 6.07 Å². The van der Waals surface area contributed by atoms with Crippen LogP contribution in [0.4, 0.5) is 8.78 Å². The Morgan fingerprint density at radius 2 is 2.00 bits per heavy atom. The van der Waals surface area contributed by atoms with Crippen molar-refractivity contribution in [1.82, 2.24) is 9.88 Å². The largest absolute Gasteiger partial charge is 0.357 e. The molecule has 0 amide bonds. The second-order valence-corrected chi connectivity index (χ2v) is 6.58. The minimum atomic E-state index is -0.524. The molecule has 4 heteroatoms. The number of para-hydroxylation sites is 1. The number of nitrogens with one attached hydrogen (secondary N) is 1. The molecule has 24 heavy (non-hydrogen) atoms. The molecular formula is C20H20F2N2. The van der Waals surface area contributed by atoms with Gasteiger partial charge in [0.25, 0.3) is 0 Å². The molecule has 2 heterocycles. The van der Waals surface area contributed by atoms with Crippen molar-refractivity contribution in [3.05, 3.63) is 70.9 Å². The Balaban J connectivity index is 1.63. The third kappa shape index (κ3) is 2.61. The Morgan fingerprint density at radius 3 is 2.83 bits per heavy atom. The van der Waals surface area contributed by atoms with E-state index in [9.17, 15) is 8.78 Å². The van der Waals surface area contributed by atoms with Gasteiger partial charge >= 0.3 is 0 Å². The molecule has 2 aromatic carbocycles. The predicted molar refractivity (Wildman–Crippen MR) is 92.1 cm³/mol. The lowest BCUT2D eigenvalue weighted by molar-refractivity contribution is 0.216. The van der Waals surface area contributed by atoms with Crippen molar-refractivity contribution < 1.29 is 8.78 Å². The van der Waals surface area contributed by atoms with Crippen molar-refractivity contribution in [2.75, 3.05) is 13.6 Å². The molecule has 0 fully saturated rings. The number of likely N-dealkylation sites (N-methyl/N-ethyl adjacent to an activating group) is 1. The van der Waals surface area contributed by atoms with Crippen LogP contribution in [0.1, 0.15) is 29.3 Å². The number of aromatic amines is 1. The van der Waals surface area contributed by atoms with Crippen LogP contribution in [0.3, 0.4) is 0 Å². The average molecular weight is 326 g/mol. The van der Waals surface area contributed by atoms with Crippen molar-refractivity contribution in [3.63, 3.8) is 0 Å². The summed E-state index contributed by atoms with van der Waals surface area (Å²) in [7, 11) is 2.11. The molecule has 1 N–H and O–H groups in total. The number of benzene rings is 2. The zero-order valence-corrected chi connectivity index (χ0v) is 13.7. The quantitative estimate of drug-likeness (QED) is 0.745. The Hall–Kier alpha value is -2.20. The molecule has 2 nitrogen and oxygen atoms in total. The molecule has 1 unspecified atom stereocenters. The Morgan fingerprint density at radius 1 is 1.17 bits per heavy atom. The lowest BCUT2D eigenvalue weighted by Gasteiger charge is -2.33. The highest BCUT2D eigenvalue weighted by Gasteiger charge is 2.27. The van der Waals surface area contributed by atoms with Gasteiger partial charge in [-0.25, -0.2) is 8.78 Å². The second-order valence-electron chi connectivity index (χ2n) is 6.58. The maximum atomic E-state index is 13.9. The second kappa shape index (κ2) is 6.02. The van der Waals surface area contributed by atoms with Gasteiger partial charge in [0.05, 0.1) is 6.04 Å². The average Bonchev–Trinajstić information content (AvgIpc) is 2.94. The highest BCUT2D eigenvalue weighted by Crippen LogP contribution is 2.36. The van der Waals surface area contributed by atoms with Crippen molar-refractivity contribution in [2.45, 2.75) is 25.3 Å². The molecular weight excluding hydrogens is 306 g/mol. The number of rotatable bonds is 3. The van der Waals surface area contributed by atoms with E-state index in [1.165, 1.54) is 22.7 Å². The van der Waals surface area contributed by atoms with E-state index in [0.717, 1.165) is 31.0 Å². The van der Waals surface area contributed by atoms with Gasteiger partial charge in [0, 0.05) is 29.2 Å². The summed E-state index contributed by atoms with van der Waals surface area (Å²) in [5.41, 5.74) is 4.37. The molecule has 1 aromatic heterocycles. The van der Waals surface area contributed by atoms with Gasteiger partial charge in [-0.1, -0.05) is 24.3 Å². The van der Waals surface area contributed by atoms with Crippen LogP contribution in [0.2, 0.25) is 0 Å². The third-order valence-electron chi connectivity index (χ3n) is 5.13. The number of aromatic nitrogens is 1. The number of halogens is 2. The summed E-state index contributed by atoms with van der Waals surface area (Å²) < 4.78 is 27.0. The van der Waals surface area contributed by atoms with Gasteiger partial charge < -0.3 is 4.98 Å². The smallest absolute Gasteiger partial charge is 0.129 e. The molecule has 0 saturated carbocycles. The fourth-order valence-corrected chi connectivity index (χ4v) is 3.82. The van der Waals surface area contributed by atoms with E-state index < -0.39 is 11.6 Å². The minimum absolute atomic E-state index is 0.227. The first-order valence-corrected chi connectivity index (χ1v) is 8.37.